The van der Waals surface area contributed by atoms with Gasteiger partial charge in [0.15, 0.2) is 0 Å². The number of nitrogens with one attached hydrogen (secondary N) is 2. The van der Waals surface area contributed by atoms with Gasteiger partial charge in [0.25, 0.3) is 0 Å². The summed E-state index contributed by atoms with van der Waals surface area (Å²) in [6.45, 7) is 5.77. The fourth-order valence-corrected chi connectivity index (χ4v) is 7.45. The van der Waals surface area contributed by atoms with E-state index in [0.29, 0.717) is 95.3 Å². The Labute approximate surface area is 389 Å². The largest absolute Gasteiger partial charge is 0.481 e. The maximum atomic E-state index is 11.0. The molecular formula is C46H54Br2N6O10. The quantitative estimate of drug-likeness (QED) is 0.0289. The first kappa shape index (κ1) is 51.3. The second-order valence-corrected chi connectivity index (χ2v) is 16.6. The molecule has 0 aliphatic heterocycles. The van der Waals surface area contributed by atoms with Gasteiger partial charge in [0.2, 0.25) is 23.5 Å². The Morgan fingerprint density at radius 3 is 1.42 bits per heavy atom. The second kappa shape index (κ2) is 27.1. The van der Waals surface area contributed by atoms with Gasteiger partial charge in [-0.05, 0) is 117 Å². The van der Waals surface area contributed by atoms with E-state index in [1.54, 1.807) is 0 Å². The third kappa shape index (κ3) is 16.7. The van der Waals surface area contributed by atoms with Crippen molar-refractivity contribution in [1.82, 2.24) is 20.6 Å². The van der Waals surface area contributed by atoms with Crippen LogP contribution in [0.4, 0.5) is 0 Å². The van der Waals surface area contributed by atoms with Gasteiger partial charge in [0.05, 0.1) is 59.3 Å². The van der Waals surface area contributed by atoms with Crippen molar-refractivity contribution in [3.63, 3.8) is 0 Å². The highest BCUT2D eigenvalue weighted by Crippen LogP contribution is 2.35. The molecule has 4 rings (SSSR count). The molecule has 0 saturated heterocycles. The topological polar surface area (TPSA) is 249 Å². The third-order valence-corrected chi connectivity index (χ3v) is 11.1. The number of ether oxygens (including phenoxy) is 4. The van der Waals surface area contributed by atoms with Crippen molar-refractivity contribution >= 4 is 43.8 Å². The molecule has 2 aromatic heterocycles. The van der Waals surface area contributed by atoms with E-state index in [4.69, 9.17) is 39.7 Å². The number of carbonyl (C=O) groups is 2. The highest BCUT2D eigenvalue weighted by molar-refractivity contribution is 9.10. The van der Waals surface area contributed by atoms with E-state index in [1.165, 1.54) is 0 Å². The molecule has 2 aromatic carbocycles. The van der Waals surface area contributed by atoms with E-state index >= 15 is 0 Å². The summed E-state index contributed by atoms with van der Waals surface area (Å²) in [5, 5.41) is 61.9. The first-order chi connectivity index (χ1) is 30.8. The molecule has 0 spiro atoms. The summed E-state index contributed by atoms with van der Waals surface area (Å²) in [7, 11) is 0. The number of nitrogens with zero attached hydrogens (tertiary/aromatic N) is 4. The van der Waals surface area contributed by atoms with Gasteiger partial charge in [-0.25, -0.2) is 0 Å². The molecule has 64 heavy (non-hydrogen) atoms. The number of aliphatic hydroxyl groups excluding tert-OH is 2. The lowest BCUT2D eigenvalue weighted by Gasteiger charge is -2.18. The number of carboxylic acid groups (broad SMARTS) is 2. The monoisotopic (exact) mass is 1010 g/mol. The lowest BCUT2D eigenvalue weighted by Crippen LogP contribution is -2.28. The lowest BCUT2D eigenvalue weighted by atomic mass is 9.92. The Balaban J connectivity index is 1.49. The Morgan fingerprint density at radius 1 is 0.641 bits per heavy atom. The van der Waals surface area contributed by atoms with Gasteiger partial charge in [0.1, 0.15) is 13.2 Å². The highest BCUT2D eigenvalue weighted by atomic mass is 79.9. The van der Waals surface area contributed by atoms with Crippen LogP contribution in [0.2, 0.25) is 0 Å². The number of carboxylic acids is 2. The molecule has 0 fully saturated rings. The zero-order valence-electron chi connectivity index (χ0n) is 35.9. The van der Waals surface area contributed by atoms with Gasteiger partial charge >= 0.3 is 11.9 Å². The first-order valence-corrected chi connectivity index (χ1v) is 22.4. The molecule has 0 aliphatic carbocycles. The zero-order valence-corrected chi connectivity index (χ0v) is 39.0. The second-order valence-electron chi connectivity index (χ2n) is 14.9. The number of hydrogen-bond donors (Lipinski definition) is 6. The molecule has 0 bridgehead atoms. The van der Waals surface area contributed by atoms with E-state index in [1.807, 2.05) is 50.2 Å². The summed E-state index contributed by atoms with van der Waals surface area (Å²) in [4.78, 5) is 31.3. The minimum absolute atomic E-state index is 0.0622. The molecule has 0 saturated carbocycles. The van der Waals surface area contributed by atoms with Crippen molar-refractivity contribution in [2.75, 3.05) is 26.3 Å². The number of hydrogen-bond acceptors (Lipinski definition) is 14. The lowest BCUT2D eigenvalue weighted by molar-refractivity contribution is -0.140. The van der Waals surface area contributed by atoms with Crippen LogP contribution in [-0.2, 0) is 35.9 Å². The molecule has 0 aliphatic rings. The Bertz CT molecular complexity index is 2110. The van der Waals surface area contributed by atoms with Crippen LogP contribution in [0.3, 0.4) is 0 Å². The zero-order chi connectivity index (χ0) is 46.4. The predicted octanol–water partition coefficient (Wildman–Crippen LogP) is 7.44. The normalized spacial score (nSPS) is 11.9. The van der Waals surface area contributed by atoms with Crippen LogP contribution in [0.25, 0.3) is 11.1 Å². The third-order valence-electron chi connectivity index (χ3n) is 9.93. The van der Waals surface area contributed by atoms with Crippen LogP contribution in [0, 0.1) is 36.5 Å². The fourth-order valence-electron chi connectivity index (χ4n) is 6.49. The van der Waals surface area contributed by atoms with Crippen LogP contribution in [0.1, 0.15) is 84.7 Å². The molecule has 0 unspecified atom stereocenters. The average molecular weight is 1010 g/mol. The fraction of sp³-hybridized carbons (Fsp3) is 0.435. The minimum atomic E-state index is -1.09. The average Bonchev–Trinajstić information content (AvgIpc) is 3.24. The molecular weight excluding hydrogens is 956 g/mol. The molecule has 2 atom stereocenters. The molecule has 18 heteroatoms. The van der Waals surface area contributed by atoms with Crippen molar-refractivity contribution in [2.45, 2.75) is 104 Å². The number of nitriles is 2. The molecule has 16 nitrogen and oxygen atoms in total. The summed E-state index contributed by atoms with van der Waals surface area (Å²) in [6, 6.07) is 19.9. The van der Waals surface area contributed by atoms with Gasteiger partial charge in [0, 0.05) is 50.1 Å². The summed E-state index contributed by atoms with van der Waals surface area (Å²) >= 11 is 7.17. The molecule has 4 aromatic rings. The number of rotatable bonds is 29. The van der Waals surface area contributed by atoms with E-state index < -0.39 is 24.1 Å². The van der Waals surface area contributed by atoms with Crippen LogP contribution in [0.5, 0.6) is 23.5 Å². The minimum Gasteiger partial charge on any atom is -0.481 e. The van der Waals surface area contributed by atoms with Gasteiger partial charge < -0.3 is 50.0 Å². The van der Waals surface area contributed by atoms with Crippen molar-refractivity contribution in [2.24, 2.45) is 0 Å². The van der Waals surface area contributed by atoms with E-state index in [2.05, 4.69) is 76.7 Å². The van der Waals surface area contributed by atoms with Crippen LogP contribution in [0.15, 0.2) is 57.5 Å². The van der Waals surface area contributed by atoms with Crippen molar-refractivity contribution in [3.8, 4) is 46.8 Å². The van der Waals surface area contributed by atoms with E-state index in [9.17, 15) is 19.8 Å². The van der Waals surface area contributed by atoms with Crippen LogP contribution < -0.4 is 29.6 Å². The van der Waals surface area contributed by atoms with Crippen LogP contribution >= 0.6 is 31.9 Å². The summed E-state index contributed by atoms with van der Waals surface area (Å²) in [5.41, 5.74) is 7.27. The smallest absolute Gasteiger partial charge is 0.306 e. The highest BCUT2D eigenvalue weighted by Gasteiger charge is 2.19. The number of aliphatic hydroxyl groups is 2. The van der Waals surface area contributed by atoms with Crippen molar-refractivity contribution in [1.29, 1.82) is 10.5 Å². The number of benzene rings is 2. The molecule has 0 amide bonds. The Hall–Kier alpha value is -5.34. The molecule has 342 valence electrons. The number of aromatic nitrogens is 2. The summed E-state index contributed by atoms with van der Waals surface area (Å²) in [6.07, 6.45) is 0.607. The van der Waals surface area contributed by atoms with Crippen molar-refractivity contribution < 1.29 is 49.0 Å². The van der Waals surface area contributed by atoms with Gasteiger partial charge in [-0.1, -0.05) is 36.4 Å². The molecule has 6 N–H and O–H groups in total. The number of pyridine rings is 2. The maximum absolute atomic E-state index is 11.0. The van der Waals surface area contributed by atoms with Gasteiger partial charge in [-0.3, -0.25) is 9.59 Å². The number of aliphatic carboxylic acids is 2. The molecule has 2 heterocycles. The SMILES string of the molecule is Cc1c(COc2nc(OCCCCC#N)c(CNC[C@@H](O)CC(=O)O)cc2Br)cccc1-c1cccc(COc2nc(OCCCCC#N)c(CNC[C@@H](O)CC(=O)O)cc2Br)c1C. The first-order valence-electron chi connectivity index (χ1n) is 20.8. The van der Waals surface area contributed by atoms with Gasteiger partial charge in [-0.2, -0.15) is 20.5 Å². The molecule has 0 radical (unpaired) electrons. The number of unbranched alkanes of at least 4 members (excludes halogenated alkanes) is 4. The number of halogens is 2. The van der Waals surface area contributed by atoms with E-state index in [0.717, 1.165) is 33.4 Å². The predicted molar refractivity (Wildman–Crippen MR) is 244 cm³/mol. The maximum Gasteiger partial charge on any atom is 0.306 e. The van der Waals surface area contributed by atoms with Crippen molar-refractivity contribution in [3.05, 3.63) is 90.9 Å². The summed E-state index contributed by atoms with van der Waals surface area (Å²) < 4.78 is 25.8. The van der Waals surface area contributed by atoms with E-state index in [-0.39, 0.29) is 52.2 Å². The Kier molecular flexibility index (Phi) is 21.7. The van der Waals surface area contributed by atoms with Gasteiger partial charge in [-0.15, -0.1) is 0 Å². The summed E-state index contributed by atoms with van der Waals surface area (Å²) in [5.74, 6) is -0.904. The van der Waals surface area contributed by atoms with Crippen LogP contribution in [-0.4, -0.2) is 80.8 Å². The standard InChI is InChI=1S/C46H54Br2N6O10/c1-29-31(27-63-45-39(47)19-33(23-51-25-35(55)21-41(57)58)43(53-45)61-17-7-3-5-15-49)11-9-13-37(29)38-14-10-12-32(30(38)2)28-64-46-40(48)20-34(24-52-26-36(56)22-42(59)60)44(54-46)62-18-8-4-6-16-50/h9-14,19-20,35-36,51-52,55-56H,3-8,17-18,21-28H2,1-2H3,(H,57,58)(H,59,60)/t35-,36-/m0/s1. The Morgan fingerprint density at radius 2 is 1.05 bits per heavy atom.